The van der Waals surface area contributed by atoms with Gasteiger partial charge < -0.3 is 15.4 Å². The standard InChI is InChI=1S/C21H24ClN3O6S/c1-3-25(4-2)32(29,30)18-10-8-15(9-11-18)21(28)23-13-20(27)31-14-19(26)24-17-7-5-6-16(22)12-17/h5-12H,3-4,13-14H2,1-2H3,(H,23,28)(H,24,26). The van der Waals surface area contributed by atoms with Gasteiger partial charge in [-0.25, -0.2) is 8.42 Å². The van der Waals surface area contributed by atoms with Gasteiger partial charge >= 0.3 is 5.97 Å². The molecule has 0 saturated carbocycles. The van der Waals surface area contributed by atoms with Crippen LogP contribution in [0.3, 0.4) is 0 Å². The maximum absolute atomic E-state index is 12.5. The number of carbonyl (C=O) groups excluding carboxylic acids is 3. The van der Waals surface area contributed by atoms with Crippen LogP contribution in [0.5, 0.6) is 0 Å². The fourth-order valence-electron chi connectivity index (χ4n) is 2.71. The van der Waals surface area contributed by atoms with Crippen LogP contribution >= 0.6 is 11.6 Å². The zero-order valence-corrected chi connectivity index (χ0v) is 19.2. The lowest BCUT2D eigenvalue weighted by atomic mass is 10.2. The molecule has 2 N–H and O–H groups in total. The highest BCUT2D eigenvalue weighted by molar-refractivity contribution is 7.89. The molecule has 0 aliphatic heterocycles. The van der Waals surface area contributed by atoms with Gasteiger partial charge in [0.1, 0.15) is 6.54 Å². The third-order valence-electron chi connectivity index (χ3n) is 4.33. The molecule has 11 heteroatoms. The SMILES string of the molecule is CCN(CC)S(=O)(=O)c1ccc(C(=O)NCC(=O)OCC(=O)Nc2cccc(Cl)c2)cc1. The topological polar surface area (TPSA) is 122 Å². The van der Waals surface area contributed by atoms with Gasteiger partial charge in [0.25, 0.3) is 11.8 Å². The van der Waals surface area contributed by atoms with Gasteiger partial charge in [-0.1, -0.05) is 31.5 Å². The van der Waals surface area contributed by atoms with Crippen LogP contribution < -0.4 is 10.6 Å². The highest BCUT2D eigenvalue weighted by Crippen LogP contribution is 2.16. The van der Waals surface area contributed by atoms with Crippen molar-refractivity contribution in [3.63, 3.8) is 0 Å². The Kier molecular flexibility index (Phi) is 9.18. The van der Waals surface area contributed by atoms with E-state index in [9.17, 15) is 22.8 Å². The van der Waals surface area contributed by atoms with Crippen molar-refractivity contribution in [1.82, 2.24) is 9.62 Å². The summed E-state index contributed by atoms with van der Waals surface area (Å²) in [5, 5.41) is 5.33. The molecule has 0 bridgehead atoms. The first-order chi connectivity index (χ1) is 15.2. The minimum absolute atomic E-state index is 0.0721. The molecule has 0 aliphatic carbocycles. The number of amides is 2. The Morgan fingerprint density at radius 1 is 1.03 bits per heavy atom. The van der Waals surface area contributed by atoms with E-state index in [1.807, 2.05) is 0 Å². The number of nitrogens with zero attached hydrogens (tertiary/aromatic N) is 1. The van der Waals surface area contributed by atoms with Gasteiger partial charge in [-0.2, -0.15) is 4.31 Å². The Morgan fingerprint density at radius 3 is 2.28 bits per heavy atom. The lowest BCUT2D eigenvalue weighted by Crippen LogP contribution is -2.32. The molecule has 0 atom stereocenters. The van der Waals surface area contributed by atoms with Crippen molar-refractivity contribution in [2.45, 2.75) is 18.7 Å². The van der Waals surface area contributed by atoms with E-state index < -0.39 is 41.0 Å². The summed E-state index contributed by atoms with van der Waals surface area (Å²) in [7, 11) is -3.63. The van der Waals surface area contributed by atoms with Crippen LogP contribution in [0.25, 0.3) is 0 Å². The monoisotopic (exact) mass is 481 g/mol. The Hall–Kier alpha value is -2.95. The molecule has 0 aromatic heterocycles. The Labute approximate surface area is 191 Å². The van der Waals surface area contributed by atoms with Crippen molar-refractivity contribution >= 4 is 45.1 Å². The molecule has 32 heavy (non-hydrogen) atoms. The van der Waals surface area contributed by atoms with Gasteiger partial charge in [0, 0.05) is 29.4 Å². The molecule has 2 rings (SSSR count). The summed E-state index contributed by atoms with van der Waals surface area (Å²) in [6.07, 6.45) is 0. The number of hydrogen-bond donors (Lipinski definition) is 2. The van der Waals surface area contributed by atoms with Gasteiger partial charge in [-0.15, -0.1) is 0 Å². The first-order valence-electron chi connectivity index (χ1n) is 9.76. The van der Waals surface area contributed by atoms with Crippen molar-refractivity contribution in [3.8, 4) is 0 Å². The molecule has 2 amide bonds. The van der Waals surface area contributed by atoms with Crippen molar-refractivity contribution in [2.75, 3.05) is 31.6 Å². The van der Waals surface area contributed by atoms with Crippen LogP contribution in [-0.4, -0.2) is 56.7 Å². The Bertz CT molecular complexity index is 1070. The molecular weight excluding hydrogens is 458 g/mol. The molecule has 172 valence electrons. The molecule has 9 nitrogen and oxygen atoms in total. The molecule has 2 aromatic carbocycles. The second-order valence-corrected chi connectivity index (χ2v) is 8.89. The number of anilines is 1. The summed E-state index contributed by atoms with van der Waals surface area (Å²) >= 11 is 5.83. The largest absolute Gasteiger partial charge is 0.454 e. The summed E-state index contributed by atoms with van der Waals surface area (Å²) in [5.74, 6) is -1.95. The van der Waals surface area contributed by atoms with Gasteiger partial charge in [-0.05, 0) is 42.5 Å². The maximum atomic E-state index is 12.5. The minimum atomic E-state index is -3.63. The molecule has 2 aromatic rings. The van der Waals surface area contributed by atoms with Crippen LogP contribution in [0.1, 0.15) is 24.2 Å². The quantitative estimate of drug-likeness (QED) is 0.502. The fourth-order valence-corrected chi connectivity index (χ4v) is 4.35. The van der Waals surface area contributed by atoms with E-state index >= 15 is 0 Å². The lowest BCUT2D eigenvalue weighted by Gasteiger charge is -2.18. The molecule has 0 saturated heterocycles. The fraction of sp³-hybridized carbons (Fsp3) is 0.286. The normalized spacial score (nSPS) is 11.1. The summed E-state index contributed by atoms with van der Waals surface area (Å²) in [4.78, 5) is 35.9. The summed E-state index contributed by atoms with van der Waals surface area (Å²) in [6, 6.07) is 11.9. The van der Waals surface area contributed by atoms with Gasteiger partial charge in [0.05, 0.1) is 4.90 Å². The van der Waals surface area contributed by atoms with E-state index in [4.69, 9.17) is 16.3 Å². The van der Waals surface area contributed by atoms with Gasteiger partial charge in [0.2, 0.25) is 10.0 Å². The van der Waals surface area contributed by atoms with Crippen molar-refractivity contribution < 1.29 is 27.5 Å². The number of rotatable bonds is 10. The molecule has 0 unspecified atom stereocenters. The summed E-state index contributed by atoms with van der Waals surface area (Å²) in [6.45, 7) is 3.16. The number of nitrogens with one attached hydrogen (secondary N) is 2. The van der Waals surface area contributed by atoms with Gasteiger partial charge in [-0.3, -0.25) is 14.4 Å². The highest BCUT2D eigenvalue weighted by Gasteiger charge is 2.21. The zero-order valence-electron chi connectivity index (χ0n) is 17.6. The average molecular weight is 482 g/mol. The Morgan fingerprint density at radius 2 is 1.69 bits per heavy atom. The van der Waals surface area contributed by atoms with Gasteiger partial charge in [0.15, 0.2) is 6.61 Å². The summed E-state index contributed by atoms with van der Waals surface area (Å²) in [5.41, 5.74) is 0.633. The van der Waals surface area contributed by atoms with E-state index in [0.29, 0.717) is 23.8 Å². The molecule has 0 radical (unpaired) electrons. The smallest absolute Gasteiger partial charge is 0.325 e. The molecule has 0 spiro atoms. The molecular formula is C21H24ClN3O6S. The second kappa shape index (κ2) is 11.6. The lowest BCUT2D eigenvalue weighted by molar-refractivity contribution is -0.146. The average Bonchev–Trinajstić information content (AvgIpc) is 2.76. The number of sulfonamides is 1. The van der Waals surface area contributed by atoms with E-state index in [1.54, 1.807) is 38.1 Å². The second-order valence-electron chi connectivity index (χ2n) is 6.52. The van der Waals surface area contributed by atoms with Crippen LogP contribution in [0, 0.1) is 0 Å². The van der Waals surface area contributed by atoms with E-state index in [1.165, 1.54) is 28.6 Å². The number of esters is 1. The van der Waals surface area contributed by atoms with Crippen molar-refractivity contribution in [2.24, 2.45) is 0 Å². The summed E-state index contributed by atoms with van der Waals surface area (Å²) < 4.78 is 31.1. The van der Waals surface area contributed by atoms with E-state index in [-0.39, 0.29) is 10.5 Å². The predicted octanol–water partition coefficient (Wildman–Crippen LogP) is 2.28. The first-order valence-corrected chi connectivity index (χ1v) is 11.6. The predicted molar refractivity (Wildman–Crippen MR) is 120 cm³/mol. The molecule has 0 fully saturated rings. The number of ether oxygens (including phenoxy) is 1. The minimum Gasteiger partial charge on any atom is -0.454 e. The highest BCUT2D eigenvalue weighted by atomic mass is 35.5. The van der Waals surface area contributed by atoms with Crippen LogP contribution in [0.2, 0.25) is 5.02 Å². The maximum Gasteiger partial charge on any atom is 0.325 e. The van der Waals surface area contributed by atoms with Crippen LogP contribution in [-0.2, 0) is 24.3 Å². The first kappa shape index (κ1) is 25.3. The van der Waals surface area contributed by atoms with Crippen molar-refractivity contribution in [3.05, 3.63) is 59.1 Å². The Balaban J connectivity index is 1.83. The van der Waals surface area contributed by atoms with E-state index in [0.717, 1.165) is 0 Å². The molecule has 0 heterocycles. The number of hydrogen-bond acceptors (Lipinski definition) is 6. The third kappa shape index (κ3) is 7.04. The van der Waals surface area contributed by atoms with Crippen LogP contribution in [0.4, 0.5) is 5.69 Å². The zero-order chi connectivity index (χ0) is 23.7. The van der Waals surface area contributed by atoms with Crippen molar-refractivity contribution in [1.29, 1.82) is 0 Å². The number of halogens is 1. The number of carbonyl (C=O) groups is 3. The van der Waals surface area contributed by atoms with E-state index in [2.05, 4.69) is 10.6 Å². The number of benzene rings is 2. The van der Waals surface area contributed by atoms with Crippen LogP contribution in [0.15, 0.2) is 53.4 Å². The molecule has 0 aliphatic rings. The third-order valence-corrected chi connectivity index (χ3v) is 6.62.